The molecule has 0 unspecified atom stereocenters. The Morgan fingerprint density at radius 3 is 2.70 bits per heavy atom. The number of oxazole rings is 1. The summed E-state index contributed by atoms with van der Waals surface area (Å²) in [4.78, 5) is 30.3. The van der Waals surface area contributed by atoms with Crippen molar-refractivity contribution >= 4 is 22.9 Å². The fourth-order valence-corrected chi connectivity index (χ4v) is 4.15. The normalized spacial score (nSPS) is 14.9. The molecule has 2 heterocycles. The van der Waals surface area contributed by atoms with Crippen molar-refractivity contribution in [3.63, 3.8) is 0 Å². The van der Waals surface area contributed by atoms with Crippen LogP contribution in [0.3, 0.4) is 0 Å². The van der Waals surface area contributed by atoms with Gasteiger partial charge < -0.3 is 19.3 Å². The maximum absolute atomic E-state index is 12.4. The van der Waals surface area contributed by atoms with E-state index in [1.54, 1.807) is 36.4 Å². The zero-order valence-electron chi connectivity index (χ0n) is 18.6. The quantitative estimate of drug-likeness (QED) is 0.591. The highest BCUT2D eigenvalue weighted by atomic mass is 16.4. The first-order valence-electron chi connectivity index (χ1n) is 11.0. The lowest BCUT2D eigenvalue weighted by Crippen LogP contribution is -2.45. The van der Waals surface area contributed by atoms with Crippen molar-refractivity contribution in [3.05, 3.63) is 64.1 Å². The number of fused-ring (bicyclic) bond motifs is 1. The SMILES string of the molecule is CN1CCN(CCCN(C(=O)O)c2cccc(Cn3c(=O)oc4ccc(C#N)cc43)c2)CC1. The molecule has 3 aromatic rings. The summed E-state index contributed by atoms with van der Waals surface area (Å²) < 4.78 is 6.74. The van der Waals surface area contributed by atoms with Crippen LogP contribution in [-0.2, 0) is 6.54 Å². The van der Waals surface area contributed by atoms with Gasteiger partial charge in [-0.05, 0) is 55.9 Å². The summed E-state index contributed by atoms with van der Waals surface area (Å²) >= 11 is 0. The van der Waals surface area contributed by atoms with E-state index in [-0.39, 0.29) is 6.54 Å². The van der Waals surface area contributed by atoms with Gasteiger partial charge in [-0.25, -0.2) is 9.59 Å². The molecule has 1 aliphatic rings. The molecule has 4 rings (SSSR count). The number of hydrogen-bond acceptors (Lipinski definition) is 6. The van der Waals surface area contributed by atoms with Crippen molar-refractivity contribution < 1.29 is 14.3 Å². The Morgan fingerprint density at radius 2 is 1.97 bits per heavy atom. The molecule has 9 nitrogen and oxygen atoms in total. The van der Waals surface area contributed by atoms with Gasteiger partial charge in [0.15, 0.2) is 5.58 Å². The minimum Gasteiger partial charge on any atom is -0.465 e. The van der Waals surface area contributed by atoms with Gasteiger partial charge in [-0.3, -0.25) is 9.47 Å². The van der Waals surface area contributed by atoms with E-state index in [0.29, 0.717) is 28.9 Å². The van der Waals surface area contributed by atoms with Crippen LogP contribution in [0.25, 0.3) is 11.1 Å². The number of rotatable bonds is 7. The van der Waals surface area contributed by atoms with E-state index < -0.39 is 11.8 Å². The summed E-state index contributed by atoms with van der Waals surface area (Å²) in [6, 6.07) is 14.1. The van der Waals surface area contributed by atoms with E-state index in [1.807, 2.05) is 6.07 Å². The zero-order chi connectivity index (χ0) is 23.4. The molecule has 1 aliphatic heterocycles. The second-order valence-corrected chi connectivity index (χ2v) is 8.35. The highest BCUT2D eigenvalue weighted by Gasteiger charge is 2.18. The van der Waals surface area contributed by atoms with Crippen LogP contribution in [0.2, 0.25) is 0 Å². The van der Waals surface area contributed by atoms with Gasteiger partial charge in [0.25, 0.3) is 0 Å². The molecule has 9 heteroatoms. The van der Waals surface area contributed by atoms with Crippen LogP contribution in [0.5, 0.6) is 0 Å². The third-order valence-electron chi connectivity index (χ3n) is 6.04. The number of benzene rings is 2. The largest absolute Gasteiger partial charge is 0.465 e. The number of carbonyl (C=O) groups is 1. The first-order chi connectivity index (χ1) is 15.9. The molecule has 1 saturated heterocycles. The fraction of sp³-hybridized carbons (Fsp3) is 0.375. The monoisotopic (exact) mass is 449 g/mol. The molecular formula is C24H27N5O4. The number of nitriles is 1. The molecule has 1 N–H and O–H groups in total. The molecule has 33 heavy (non-hydrogen) atoms. The van der Waals surface area contributed by atoms with Gasteiger partial charge in [-0.2, -0.15) is 5.26 Å². The van der Waals surface area contributed by atoms with E-state index in [1.165, 1.54) is 9.47 Å². The van der Waals surface area contributed by atoms with Crippen LogP contribution in [0.15, 0.2) is 51.7 Å². The summed E-state index contributed by atoms with van der Waals surface area (Å²) in [5.41, 5.74) is 2.71. The molecule has 0 spiro atoms. The van der Waals surface area contributed by atoms with E-state index in [2.05, 4.69) is 22.9 Å². The number of likely N-dealkylation sites (N-methyl/N-ethyl adjacent to an activating group) is 1. The lowest BCUT2D eigenvalue weighted by Gasteiger charge is -2.32. The Kier molecular flexibility index (Phi) is 6.77. The fourth-order valence-electron chi connectivity index (χ4n) is 4.15. The minimum atomic E-state index is -1.00. The van der Waals surface area contributed by atoms with Crippen LogP contribution < -0.4 is 10.7 Å². The first-order valence-corrected chi connectivity index (χ1v) is 11.0. The Hall–Kier alpha value is -3.61. The second kappa shape index (κ2) is 9.90. The van der Waals surface area contributed by atoms with Crippen molar-refractivity contribution in [2.75, 3.05) is 51.2 Å². The number of hydrogen-bond donors (Lipinski definition) is 1. The van der Waals surface area contributed by atoms with Crippen molar-refractivity contribution in [2.24, 2.45) is 0 Å². The highest BCUT2D eigenvalue weighted by Crippen LogP contribution is 2.20. The number of nitrogens with zero attached hydrogens (tertiary/aromatic N) is 5. The van der Waals surface area contributed by atoms with Gasteiger partial charge in [-0.1, -0.05) is 12.1 Å². The summed E-state index contributed by atoms with van der Waals surface area (Å²) in [5.74, 6) is -0.521. The smallest absolute Gasteiger partial charge is 0.420 e. The highest BCUT2D eigenvalue weighted by molar-refractivity contribution is 5.86. The molecule has 172 valence electrons. The summed E-state index contributed by atoms with van der Waals surface area (Å²) in [5, 5.41) is 19.0. The number of amides is 1. The number of aromatic nitrogens is 1. The van der Waals surface area contributed by atoms with Gasteiger partial charge in [-0.15, -0.1) is 0 Å². The van der Waals surface area contributed by atoms with Crippen LogP contribution in [-0.4, -0.2) is 71.9 Å². The molecule has 1 fully saturated rings. The molecule has 0 bridgehead atoms. The minimum absolute atomic E-state index is 0.212. The molecule has 0 aliphatic carbocycles. The van der Waals surface area contributed by atoms with Gasteiger partial charge in [0.2, 0.25) is 0 Å². The Balaban J connectivity index is 1.48. The maximum atomic E-state index is 12.4. The molecule has 0 saturated carbocycles. The molecule has 1 amide bonds. The van der Waals surface area contributed by atoms with E-state index in [0.717, 1.165) is 44.7 Å². The van der Waals surface area contributed by atoms with Crippen LogP contribution in [0.1, 0.15) is 17.5 Å². The van der Waals surface area contributed by atoms with Gasteiger partial charge in [0.1, 0.15) is 0 Å². The first kappa shape index (κ1) is 22.6. The maximum Gasteiger partial charge on any atom is 0.420 e. The van der Waals surface area contributed by atoms with E-state index in [4.69, 9.17) is 9.68 Å². The molecule has 0 radical (unpaired) electrons. The van der Waals surface area contributed by atoms with Crippen molar-refractivity contribution in [3.8, 4) is 6.07 Å². The van der Waals surface area contributed by atoms with Crippen LogP contribution >= 0.6 is 0 Å². The van der Waals surface area contributed by atoms with E-state index >= 15 is 0 Å². The molecular weight excluding hydrogens is 422 g/mol. The Bertz CT molecular complexity index is 1230. The zero-order valence-corrected chi connectivity index (χ0v) is 18.6. The Labute approximate surface area is 191 Å². The third-order valence-corrected chi connectivity index (χ3v) is 6.04. The van der Waals surface area contributed by atoms with Crippen LogP contribution in [0.4, 0.5) is 10.5 Å². The average Bonchev–Trinajstić information content (AvgIpc) is 3.12. The Morgan fingerprint density at radius 1 is 1.18 bits per heavy atom. The second-order valence-electron chi connectivity index (χ2n) is 8.35. The summed E-state index contributed by atoms with van der Waals surface area (Å²) in [6.07, 6.45) is -0.265. The molecule has 1 aromatic heterocycles. The van der Waals surface area contributed by atoms with Crippen molar-refractivity contribution in [1.29, 1.82) is 5.26 Å². The van der Waals surface area contributed by atoms with Gasteiger partial charge in [0.05, 0.1) is 23.7 Å². The topological polar surface area (TPSA) is 106 Å². The average molecular weight is 450 g/mol. The van der Waals surface area contributed by atoms with Crippen molar-refractivity contribution in [2.45, 2.75) is 13.0 Å². The third kappa shape index (κ3) is 5.25. The number of carboxylic acid groups (broad SMARTS) is 1. The van der Waals surface area contributed by atoms with Crippen LogP contribution in [0, 0.1) is 11.3 Å². The summed E-state index contributed by atoms with van der Waals surface area (Å²) in [6.45, 7) is 5.52. The standard InChI is InChI=1S/C24H27N5O4/c1-26-10-12-27(13-11-26)8-3-9-28(23(30)31)20-5-2-4-19(14-20)17-29-21-15-18(16-25)6-7-22(21)33-24(29)32/h2,4-7,14-15H,3,8-13,17H2,1H3,(H,30,31). The van der Waals surface area contributed by atoms with Gasteiger partial charge >= 0.3 is 11.8 Å². The number of anilines is 1. The predicted molar refractivity (Wildman–Crippen MR) is 125 cm³/mol. The summed E-state index contributed by atoms with van der Waals surface area (Å²) in [7, 11) is 2.11. The predicted octanol–water partition coefficient (Wildman–Crippen LogP) is 2.64. The lowest BCUT2D eigenvalue weighted by molar-refractivity contribution is 0.153. The van der Waals surface area contributed by atoms with E-state index in [9.17, 15) is 14.7 Å². The van der Waals surface area contributed by atoms with Gasteiger partial charge in [0, 0.05) is 38.4 Å². The number of piperazine rings is 1. The van der Waals surface area contributed by atoms with Crippen molar-refractivity contribution in [1.82, 2.24) is 14.4 Å². The molecule has 2 aromatic carbocycles. The molecule has 0 atom stereocenters. The lowest BCUT2D eigenvalue weighted by atomic mass is 10.1.